The van der Waals surface area contributed by atoms with Gasteiger partial charge in [0.15, 0.2) is 6.10 Å². The van der Waals surface area contributed by atoms with Gasteiger partial charge in [0.2, 0.25) is 0 Å². The third-order valence-electron chi connectivity index (χ3n) is 7.38. The van der Waals surface area contributed by atoms with Crippen LogP contribution in [-0.2, 0) is 16.0 Å². The number of hydrogen-bond donors (Lipinski definition) is 2. The number of urea groups is 1. The van der Waals surface area contributed by atoms with Gasteiger partial charge in [-0.05, 0) is 68.1 Å². The zero-order chi connectivity index (χ0) is 38.7. The lowest BCUT2D eigenvalue weighted by Gasteiger charge is -2.40. The van der Waals surface area contributed by atoms with E-state index >= 15 is 0 Å². The number of nitrogens with zero attached hydrogens (tertiary/aromatic N) is 1. The van der Waals surface area contributed by atoms with Crippen molar-refractivity contribution in [2.45, 2.75) is 76.0 Å². The number of rotatable bonds is 16. The predicted octanol–water partition coefficient (Wildman–Crippen LogP) is 8.30. The zero-order valence-corrected chi connectivity index (χ0v) is 26.5. The number of alkyl halides is 13. The molecule has 0 aliphatic carbocycles. The maximum Gasteiger partial charge on any atom is 0.460 e. The van der Waals surface area contributed by atoms with Crippen molar-refractivity contribution in [3.05, 3.63) is 58.7 Å². The summed E-state index contributed by atoms with van der Waals surface area (Å²) in [7, 11) is 0. The standard InChI is InChI=1S/C30H31F13N2O5/c1-5-49-22(23(46)47)14-19-6-8-20(9-7-19)50-11-10-45(24(48)44-21-13-17(3)16(2)12-18(21)4)15-25(31,32)26(33,34)27(35,36)28(37,38)29(39,40)30(41,42)43/h6-9,12-13,22H,5,10-11,14-15H2,1-4H3,(H,44,48)(H,46,47). The average Bonchev–Trinajstić information content (AvgIpc) is 2.98. The van der Waals surface area contributed by atoms with E-state index in [1.807, 2.05) is 5.32 Å². The summed E-state index contributed by atoms with van der Waals surface area (Å²) < 4.78 is 189. The van der Waals surface area contributed by atoms with E-state index in [1.165, 1.54) is 43.3 Å². The van der Waals surface area contributed by atoms with Gasteiger partial charge in [-0.2, -0.15) is 57.1 Å². The quantitative estimate of drug-likeness (QED) is 0.169. The molecule has 0 radical (unpaired) electrons. The number of ether oxygens (including phenoxy) is 2. The SMILES string of the molecule is CCOC(Cc1ccc(OCCN(CC(F)(F)C(F)(F)C(F)(F)C(F)(F)C(F)(F)C(F)(F)F)C(=O)Nc2cc(C)c(C)cc2C)cc1)C(=O)O. The zero-order valence-electron chi connectivity index (χ0n) is 26.5. The van der Waals surface area contributed by atoms with E-state index in [9.17, 15) is 71.8 Å². The van der Waals surface area contributed by atoms with E-state index in [2.05, 4.69) is 0 Å². The first-order valence-corrected chi connectivity index (χ1v) is 14.3. The Morgan fingerprint density at radius 3 is 1.80 bits per heavy atom. The van der Waals surface area contributed by atoms with Crippen LogP contribution >= 0.6 is 0 Å². The molecular weight excluding hydrogens is 715 g/mol. The highest BCUT2D eigenvalue weighted by molar-refractivity contribution is 5.90. The number of hydrogen-bond acceptors (Lipinski definition) is 4. The van der Waals surface area contributed by atoms with Gasteiger partial charge in [-0.1, -0.05) is 18.2 Å². The minimum atomic E-state index is -8.09. The molecule has 0 fully saturated rings. The molecule has 0 bridgehead atoms. The molecule has 0 aliphatic rings. The third kappa shape index (κ3) is 8.66. The first-order chi connectivity index (χ1) is 22.6. The molecule has 0 heterocycles. The van der Waals surface area contributed by atoms with Crippen LogP contribution < -0.4 is 10.1 Å². The molecule has 1 atom stereocenters. The van der Waals surface area contributed by atoms with Crippen LogP contribution in [0.15, 0.2) is 36.4 Å². The molecule has 7 nitrogen and oxygen atoms in total. The topological polar surface area (TPSA) is 88.1 Å². The second-order valence-corrected chi connectivity index (χ2v) is 11.1. The molecule has 20 heteroatoms. The van der Waals surface area contributed by atoms with E-state index in [0.717, 1.165) is 0 Å². The number of amides is 2. The molecular formula is C30H31F13N2O5. The van der Waals surface area contributed by atoms with Crippen LogP contribution in [0, 0.1) is 20.8 Å². The maximum atomic E-state index is 14.9. The summed E-state index contributed by atoms with van der Waals surface area (Å²) >= 11 is 0. The smallest absolute Gasteiger partial charge is 0.460 e. The van der Waals surface area contributed by atoms with Gasteiger partial charge in [0.25, 0.3) is 0 Å². The first-order valence-electron chi connectivity index (χ1n) is 14.3. The Morgan fingerprint density at radius 2 is 1.30 bits per heavy atom. The fraction of sp³-hybridized carbons (Fsp3) is 0.533. The lowest BCUT2D eigenvalue weighted by molar-refractivity contribution is -0.439. The molecule has 0 aliphatic heterocycles. The van der Waals surface area contributed by atoms with Crippen LogP contribution in [0.5, 0.6) is 5.75 Å². The summed E-state index contributed by atoms with van der Waals surface area (Å²) in [4.78, 5) is 24.0. The number of benzene rings is 2. The normalized spacial score (nSPS) is 13.9. The van der Waals surface area contributed by atoms with Crippen molar-refractivity contribution in [1.82, 2.24) is 4.90 Å². The molecule has 2 aromatic rings. The number of nitrogens with one attached hydrogen (secondary N) is 1. The summed E-state index contributed by atoms with van der Waals surface area (Å²) in [5.74, 6) is -39.5. The van der Waals surface area contributed by atoms with Crippen molar-refractivity contribution in [2.75, 3.05) is 31.6 Å². The van der Waals surface area contributed by atoms with E-state index in [0.29, 0.717) is 16.7 Å². The average molecular weight is 747 g/mol. The van der Waals surface area contributed by atoms with E-state index < -0.39 is 73.6 Å². The molecule has 50 heavy (non-hydrogen) atoms. The molecule has 0 saturated carbocycles. The highest BCUT2D eigenvalue weighted by Crippen LogP contribution is 2.60. The Labute approximate surface area is 276 Å². The molecule has 1 unspecified atom stereocenters. The molecule has 2 aromatic carbocycles. The number of carbonyl (C=O) groups excluding carboxylic acids is 1. The predicted molar refractivity (Wildman–Crippen MR) is 151 cm³/mol. The van der Waals surface area contributed by atoms with E-state index in [1.54, 1.807) is 20.8 Å². The maximum absolute atomic E-state index is 14.9. The Kier molecular flexibility index (Phi) is 12.7. The Balaban J connectivity index is 2.40. The van der Waals surface area contributed by atoms with Crippen molar-refractivity contribution in [3.63, 3.8) is 0 Å². The van der Waals surface area contributed by atoms with Gasteiger partial charge in [-0.15, -0.1) is 0 Å². The lowest BCUT2D eigenvalue weighted by Crippen LogP contribution is -2.71. The van der Waals surface area contributed by atoms with Crippen LogP contribution in [0.4, 0.5) is 67.6 Å². The van der Waals surface area contributed by atoms with Crippen LogP contribution in [0.1, 0.15) is 29.2 Å². The number of aliphatic carboxylic acids is 1. The molecule has 2 N–H and O–H groups in total. The van der Waals surface area contributed by atoms with Gasteiger partial charge < -0.3 is 24.8 Å². The van der Waals surface area contributed by atoms with Crippen LogP contribution in [0.2, 0.25) is 0 Å². The second kappa shape index (κ2) is 15.1. The summed E-state index contributed by atoms with van der Waals surface area (Å²) in [6, 6.07) is 6.25. The van der Waals surface area contributed by atoms with Crippen LogP contribution in [0.25, 0.3) is 0 Å². The fourth-order valence-electron chi connectivity index (χ4n) is 4.31. The largest absolute Gasteiger partial charge is 0.492 e. The van der Waals surface area contributed by atoms with Crippen molar-refractivity contribution in [3.8, 4) is 5.75 Å². The molecule has 282 valence electrons. The van der Waals surface area contributed by atoms with E-state index in [-0.39, 0.29) is 34.9 Å². The highest BCUT2D eigenvalue weighted by atomic mass is 19.4. The summed E-state index contributed by atoms with van der Waals surface area (Å²) in [5.41, 5.74) is 1.79. The van der Waals surface area contributed by atoms with Crippen molar-refractivity contribution in [1.29, 1.82) is 0 Å². The van der Waals surface area contributed by atoms with Crippen LogP contribution in [0.3, 0.4) is 0 Å². The van der Waals surface area contributed by atoms with Crippen LogP contribution in [-0.4, -0.2) is 90.2 Å². The van der Waals surface area contributed by atoms with Gasteiger partial charge in [-0.25, -0.2) is 9.59 Å². The summed E-state index contributed by atoms with van der Waals surface area (Å²) in [6.07, 6.45) is -8.87. The number of carboxylic acid groups (broad SMARTS) is 1. The summed E-state index contributed by atoms with van der Waals surface area (Å²) in [5, 5.41) is 11.3. The Morgan fingerprint density at radius 1 is 0.780 bits per heavy atom. The highest BCUT2D eigenvalue weighted by Gasteiger charge is 2.90. The third-order valence-corrected chi connectivity index (χ3v) is 7.38. The molecule has 2 amide bonds. The molecule has 2 rings (SSSR count). The first kappa shape index (κ1) is 42.2. The number of carbonyl (C=O) groups is 2. The van der Waals surface area contributed by atoms with Crippen molar-refractivity contribution in [2.24, 2.45) is 0 Å². The van der Waals surface area contributed by atoms with Gasteiger partial charge >= 0.3 is 47.8 Å². The minimum Gasteiger partial charge on any atom is -0.492 e. The van der Waals surface area contributed by atoms with Crippen molar-refractivity contribution >= 4 is 17.7 Å². The second-order valence-electron chi connectivity index (χ2n) is 11.1. The van der Waals surface area contributed by atoms with Crippen molar-refractivity contribution < 1.29 is 81.2 Å². The lowest BCUT2D eigenvalue weighted by atomic mass is 9.93. The van der Waals surface area contributed by atoms with E-state index in [4.69, 9.17) is 9.47 Å². The number of anilines is 1. The Hall–Kier alpha value is -3.97. The monoisotopic (exact) mass is 746 g/mol. The number of halogens is 13. The molecule has 0 aromatic heterocycles. The molecule has 0 saturated heterocycles. The van der Waals surface area contributed by atoms with Gasteiger partial charge in [-0.3, -0.25) is 0 Å². The summed E-state index contributed by atoms with van der Waals surface area (Å²) in [6.45, 7) is 1.29. The molecule has 0 spiro atoms. The number of aryl methyl sites for hydroxylation is 3. The fourth-order valence-corrected chi connectivity index (χ4v) is 4.31. The van der Waals surface area contributed by atoms with Gasteiger partial charge in [0, 0.05) is 18.7 Å². The van der Waals surface area contributed by atoms with Gasteiger partial charge in [0.1, 0.15) is 12.4 Å². The number of carboxylic acids is 1. The minimum absolute atomic E-state index is 0.0798. The van der Waals surface area contributed by atoms with Gasteiger partial charge in [0.05, 0.1) is 13.1 Å². The Bertz CT molecular complexity index is 1500.